The molecule has 1 aromatic carbocycles. The van der Waals surface area contributed by atoms with Crippen molar-refractivity contribution in [2.24, 2.45) is 0 Å². The number of hydrogen-bond donors (Lipinski definition) is 2. The molecule has 1 aliphatic rings. The number of halogens is 1. The third kappa shape index (κ3) is 4.44. The van der Waals surface area contributed by atoms with E-state index in [1.807, 2.05) is 24.3 Å². The summed E-state index contributed by atoms with van der Waals surface area (Å²) >= 11 is 11.1. The number of nitrogens with one attached hydrogen (secondary N) is 2. The maximum absolute atomic E-state index is 5.83. The van der Waals surface area contributed by atoms with Crippen molar-refractivity contribution in [2.45, 2.75) is 25.4 Å². The van der Waals surface area contributed by atoms with E-state index in [4.69, 9.17) is 28.6 Å². The zero-order valence-corrected chi connectivity index (χ0v) is 11.7. The van der Waals surface area contributed by atoms with Crippen LogP contribution in [0.15, 0.2) is 24.3 Å². The lowest BCUT2D eigenvalue weighted by atomic mass is 10.1. The Morgan fingerprint density at radius 1 is 1.28 bits per heavy atom. The first-order chi connectivity index (χ1) is 8.74. The summed E-state index contributed by atoms with van der Waals surface area (Å²) in [6.45, 7) is 2.35. The molecule has 0 unspecified atom stereocenters. The summed E-state index contributed by atoms with van der Waals surface area (Å²) in [5.74, 6) is 0. The normalized spacial score (nSPS) is 16.3. The second-order valence-electron chi connectivity index (χ2n) is 4.34. The number of rotatable bonds is 3. The van der Waals surface area contributed by atoms with Crippen molar-refractivity contribution in [3.63, 3.8) is 0 Å². The summed E-state index contributed by atoms with van der Waals surface area (Å²) in [6, 6.07) is 8.18. The molecule has 5 heteroatoms. The lowest BCUT2D eigenvalue weighted by Gasteiger charge is -2.24. The highest BCUT2D eigenvalue weighted by Gasteiger charge is 2.13. The van der Waals surface area contributed by atoms with Crippen LogP contribution in [0, 0.1) is 0 Å². The standard InChI is InChI=1S/C13H17ClN2OS/c14-11-3-1-10(2-4-11)9-15-13(18)16-12-5-7-17-8-6-12/h1-4,12H,5-9H2,(H2,15,16,18). The van der Waals surface area contributed by atoms with E-state index < -0.39 is 0 Å². The summed E-state index contributed by atoms with van der Waals surface area (Å²) < 4.78 is 5.31. The molecule has 2 N–H and O–H groups in total. The Morgan fingerprint density at radius 2 is 1.94 bits per heavy atom. The van der Waals surface area contributed by atoms with Gasteiger partial charge in [-0.25, -0.2) is 0 Å². The largest absolute Gasteiger partial charge is 0.381 e. The first kappa shape index (κ1) is 13.6. The van der Waals surface area contributed by atoms with Crippen LogP contribution in [0.5, 0.6) is 0 Å². The van der Waals surface area contributed by atoms with Gasteiger partial charge in [-0.05, 0) is 42.8 Å². The van der Waals surface area contributed by atoms with Gasteiger partial charge in [-0.15, -0.1) is 0 Å². The lowest BCUT2D eigenvalue weighted by molar-refractivity contribution is 0.0824. The van der Waals surface area contributed by atoms with E-state index in [0.29, 0.717) is 17.7 Å². The fourth-order valence-corrected chi connectivity index (χ4v) is 2.23. The number of benzene rings is 1. The zero-order valence-electron chi connectivity index (χ0n) is 10.1. The van der Waals surface area contributed by atoms with Crippen molar-refractivity contribution >= 4 is 28.9 Å². The molecule has 3 nitrogen and oxygen atoms in total. The van der Waals surface area contributed by atoms with E-state index in [0.717, 1.165) is 36.6 Å². The van der Waals surface area contributed by atoms with Crippen LogP contribution < -0.4 is 10.6 Å². The molecule has 0 radical (unpaired) electrons. The van der Waals surface area contributed by atoms with Gasteiger partial charge < -0.3 is 15.4 Å². The van der Waals surface area contributed by atoms with E-state index in [2.05, 4.69) is 10.6 Å². The van der Waals surface area contributed by atoms with Crippen LogP contribution in [0.1, 0.15) is 18.4 Å². The van der Waals surface area contributed by atoms with E-state index in [9.17, 15) is 0 Å². The van der Waals surface area contributed by atoms with Crippen LogP contribution >= 0.6 is 23.8 Å². The Balaban J connectivity index is 1.72. The minimum Gasteiger partial charge on any atom is -0.381 e. The SMILES string of the molecule is S=C(NCc1ccc(Cl)cc1)NC1CCOCC1. The van der Waals surface area contributed by atoms with Gasteiger partial charge in [0.25, 0.3) is 0 Å². The van der Waals surface area contributed by atoms with Crippen molar-refractivity contribution in [3.05, 3.63) is 34.9 Å². The molecule has 0 bridgehead atoms. The van der Waals surface area contributed by atoms with Gasteiger partial charge in [0, 0.05) is 30.8 Å². The fourth-order valence-electron chi connectivity index (χ4n) is 1.86. The molecule has 1 fully saturated rings. The number of thiocarbonyl (C=S) groups is 1. The Kier molecular flexibility index (Phi) is 5.23. The first-order valence-electron chi connectivity index (χ1n) is 6.10. The van der Waals surface area contributed by atoms with Gasteiger partial charge >= 0.3 is 0 Å². The summed E-state index contributed by atoms with van der Waals surface area (Å²) in [5.41, 5.74) is 1.16. The second-order valence-corrected chi connectivity index (χ2v) is 5.18. The van der Waals surface area contributed by atoms with Crippen LogP contribution in [0.2, 0.25) is 5.02 Å². The Morgan fingerprint density at radius 3 is 2.61 bits per heavy atom. The van der Waals surface area contributed by atoms with Crippen LogP contribution in [-0.4, -0.2) is 24.4 Å². The van der Waals surface area contributed by atoms with Gasteiger partial charge in [-0.1, -0.05) is 23.7 Å². The first-order valence-corrected chi connectivity index (χ1v) is 6.89. The molecular formula is C13H17ClN2OS. The van der Waals surface area contributed by atoms with Gasteiger partial charge in [0.2, 0.25) is 0 Å². The molecule has 0 aliphatic carbocycles. The summed E-state index contributed by atoms with van der Waals surface area (Å²) in [4.78, 5) is 0. The Labute approximate surface area is 118 Å². The molecule has 1 heterocycles. The third-order valence-corrected chi connectivity index (χ3v) is 3.44. The quantitative estimate of drug-likeness (QED) is 0.836. The van der Waals surface area contributed by atoms with E-state index in [1.165, 1.54) is 0 Å². The van der Waals surface area contributed by atoms with Crippen molar-refractivity contribution in [3.8, 4) is 0 Å². The van der Waals surface area contributed by atoms with Gasteiger partial charge in [0.05, 0.1) is 0 Å². The van der Waals surface area contributed by atoms with Crippen LogP contribution in [0.4, 0.5) is 0 Å². The van der Waals surface area contributed by atoms with Gasteiger partial charge in [0.1, 0.15) is 0 Å². The zero-order chi connectivity index (χ0) is 12.8. The Hall–Kier alpha value is -0.840. The molecule has 0 saturated carbocycles. The maximum atomic E-state index is 5.83. The molecule has 1 aromatic rings. The van der Waals surface area contributed by atoms with Crippen molar-refractivity contribution in [2.75, 3.05) is 13.2 Å². The predicted octanol–water partition coefficient (Wildman–Crippen LogP) is 2.48. The number of ether oxygens (including phenoxy) is 1. The van der Waals surface area contributed by atoms with Crippen LogP contribution in [-0.2, 0) is 11.3 Å². The lowest BCUT2D eigenvalue weighted by Crippen LogP contribution is -2.44. The van der Waals surface area contributed by atoms with E-state index >= 15 is 0 Å². The molecule has 0 aromatic heterocycles. The van der Waals surface area contributed by atoms with E-state index in [-0.39, 0.29) is 0 Å². The number of hydrogen-bond acceptors (Lipinski definition) is 2. The Bertz CT molecular complexity index is 390. The molecule has 2 rings (SSSR count). The highest BCUT2D eigenvalue weighted by atomic mass is 35.5. The minimum absolute atomic E-state index is 0.434. The molecular weight excluding hydrogens is 268 g/mol. The van der Waals surface area contributed by atoms with Crippen LogP contribution in [0.3, 0.4) is 0 Å². The molecule has 0 spiro atoms. The summed E-state index contributed by atoms with van der Waals surface area (Å²) in [7, 11) is 0. The fraction of sp³-hybridized carbons (Fsp3) is 0.462. The summed E-state index contributed by atoms with van der Waals surface area (Å²) in [5, 5.41) is 7.97. The van der Waals surface area contributed by atoms with Gasteiger partial charge in [0.15, 0.2) is 5.11 Å². The second kappa shape index (κ2) is 6.92. The van der Waals surface area contributed by atoms with Gasteiger partial charge in [-0.2, -0.15) is 0 Å². The molecule has 18 heavy (non-hydrogen) atoms. The van der Waals surface area contributed by atoms with Gasteiger partial charge in [-0.3, -0.25) is 0 Å². The third-order valence-electron chi connectivity index (χ3n) is 2.92. The molecule has 1 aliphatic heterocycles. The van der Waals surface area contributed by atoms with Crippen molar-refractivity contribution in [1.82, 2.24) is 10.6 Å². The van der Waals surface area contributed by atoms with Crippen molar-refractivity contribution < 1.29 is 4.74 Å². The average Bonchev–Trinajstić information content (AvgIpc) is 2.39. The molecule has 0 atom stereocenters. The summed E-state index contributed by atoms with van der Waals surface area (Å²) in [6.07, 6.45) is 2.03. The minimum atomic E-state index is 0.434. The van der Waals surface area contributed by atoms with E-state index in [1.54, 1.807) is 0 Å². The smallest absolute Gasteiger partial charge is 0.166 e. The molecule has 98 valence electrons. The van der Waals surface area contributed by atoms with Crippen molar-refractivity contribution in [1.29, 1.82) is 0 Å². The molecule has 0 amide bonds. The predicted molar refractivity (Wildman–Crippen MR) is 77.9 cm³/mol. The maximum Gasteiger partial charge on any atom is 0.166 e. The highest BCUT2D eigenvalue weighted by molar-refractivity contribution is 7.80. The molecule has 1 saturated heterocycles. The highest BCUT2D eigenvalue weighted by Crippen LogP contribution is 2.09. The van der Waals surface area contributed by atoms with Crippen LogP contribution in [0.25, 0.3) is 0 Å². The topological polar surface area (TPSA) is 33.3 Å². The average molecular weight is 285 g/mol. The monoisotopic (exact) mass is 284 g/mol.